The zero-order valence-electron chi connectivity index (χ0n) is 12.3. The lowest BCUT2D eigenvalue weighted by molar-refractivity contribution is 0.0949. The summed E-state index contributed by atoms with van der Waals surface area (Å²) in [5.74, 6) is 0.257. The van der Waals surface area contributed by atoms with Gasteiger partial charge in [-0.05, 0) is 29.7 Å². The van der Waals surface area contributed by atoms with Crippen molar-refractivity contribution in [3.63, 3.8) is 0 Å². The Morgan fingerprint density at radius 3 is 2.52 bits per heavy atom. The van der Waals surface area contributed by atoms with Crippen LogP contribution in [0.25, 0.3) is 0 Å². The molecule has 0 bridgehead atoms. The third-order valence-electron chi connectivity index (χ3n) is 3.44. The molecule has 3 N–H and O–H groups in total. The van der Waals surface area contributed by atoms with Gasteiger partial charge in [0.2, 0.25) is 0 Å². The van der Waals surface area contributed by atoms with Crippen LogP contribution in [0.5, 0.6) is 5.75 Å². The average Bonchev–Trinajstić information content (AvgIpc) is 2.52. The number of nitrogen functional groups attached to an aromatic ring is 1. The highest BCUT2D eigenvalue weighted by atomic mass is 16.5. The lowest BCUT2D eigenvalue weighted by Crippen LogP contribution is -2.25. The summed E-state index contributed by atoms with van der Waals surface area (Å²) in [5.41, 5.74) is 9.02. The number of hydrogen-bond acceptors (Lipinski definition) is 3. The van der Waals surface area contributed by atoms with Gasteiger partial charge in [-0.3, -0.25) is 4.79 Å². The van der Waals surface area contributed by atoms with Gasteiger partial charge in [-0.25, -0.2) is 0 Å². The number of carbonyl (C=O) groups is 1. The molecule has 2 rings (SSSR count). The quantitative estimate of drug-likeness (QED) is 0.830. The molecule has 0 aliphatic heterocycles. The number of carbonyl (C=O) groups excluding carboxylic acids is 1. The van der Waals surface area contributed by atoms with Crippen molar-refractivity contribution in [2.75, 3.05) is 12.8 Å². The van der Waals surface area contributed by atoms with Crippen LogP contribution in [0.4, 0.5) is 5.69 Å². The van der Waals surface area contributed by atoms with Crippen LogP contribution in [-0.4, -0.2) is 13.0 Å². The number of hydrogen-bond donors (Lipinski definition) is 2. The minimum absolute atomic E-state index is 0.226. The first kappa shape index (κ1) is 14.9. The van der Waals surface area contributed by atoms with Gasteiger partial charge in [0.15, 0.2) is 0 Å². The molecule has 0 heterocycles. The van der Waals surface area contributed by atoms with E-state index in [2.05, 4.69) is 18.3 Å². The Morgan fingerprint density at radius 1 is 1.14 bits per heavy atom. The van der Waals surface area contributed by atoms with Crippen LogP contribution in [0.15, 0.2) is 42.5 Å². The highest BCUT2D eigenvalue weighted by molar-refractivity contribution is 6.01. The highest BCUT2D eigenvalue weighted by Gasteiger charge is 2.15. The molecule has 0 saturated carbocycles. The molecule has 0 aliphatic rings. The summed E-state index contributed by atoms with van der Waals surface area (Å²) in [5, 5.41) is 2.91. The Kier molecular flexibility index (Phi) is 4.82. The molecule has 0 aromatic heterocycles. The fraction of sp³-hybridized carbons (Fsp3) is 0.235. The van der Waals surface area contributed by atoms with E-state index in [0.29, 0.717) is 23.5 Å². The molecule has 2 aromatic rings. The van der Waals surface area contributed by atoms with E-state index in [9.17, 15) is 4.79 Å². The Hall–Kier alpha value is -2.49. The molecular weight excluding hydrogens is 264 g/mol. The lowest BCUT2D eigenvalue weighted by Gasteiger charge is -2.13. The monoisotopic (exact) mass is 284 g/mol. The molecule has 1 amide bonds. The van der Waals surface area contributed by atoms with Gasteiger partial charge in [0, 0.05) is 12.2 Å². The number of anilines is 1. The van der Waals surface area contributed by atoms with Crippen molar-refractivity contribution in [1.82, 2.24) is 5.32 Å². The number of nitrogens with one attached hydrogen (secondary N) is 1. The van der Waals surface area contributed by atoms with Crippen molar-refractivity contribution in [1.29, 1.82) is 0 Å². The maximum absolute atomic E-state index is 12.3. The van der Waals surface area contributed by atoms with Crippen LogP contribution in [0.1, 0.15) is 28.4 Å². The summed E-state index contributed by atoms with van der Waals surface area (Å²) in [4.78, 5) is 12.3. The Morgan fingerprint density at radius 2 is 1.86 bits per heavy atom. The number of ether oxygens (including phenoxy) is 1. The van der Waals surface area contributed by atoms with E-state index in [1.807, 2.05) is 18.2 Å². The first-order valence-electron chi connectivity index (χ1n) is 6.94. The van der Waals surface area contributed by atoms with Crippen LogP contribution < -0.4 is 15.8 Å². The van der Waals surface area contributed by atoms with E-state index in [-0.39, 0.29) is 5.91 Å². The van der Waals surface area contributed by atoms with E-state index in [1.165, 1.54) is 12.7 Å². The molecule has 0 radical (unpaired) electrons. The Bertz CT molecular complexity index is 638. The predicted molar refractivity (Wildman–Crippen MR) is 84.4 cm³/mol. The van der Waals surface area contributed by atoms with Gasteiger partial charge in [-0.15, -0.1) is 0 Å². The van der Waals surface area contributed by atoms with E-state index in [0.717, 1.165) is 12.0 Å². The van der Waals surface area contributed by atoms with E-state index in [1.54, 1.807) is 18.2 Å². The number of aryl methyl sites for hydroxylation is 1. The van der Waals surface area contributed by atoms with E-state index < -0.39 is 0 Å². The number of benzene rings is 2. The summed E-state index contributed by atoms with van der Waals surface area (Å²) >= 11 is 0. The predicted octanol–water partition coefficient (Wildman–Crippen LogP) is 2.77. The molecular formula is C17H20N2O2. The van der Waals surface area contributed by atoms with Gasteiger partial charge in [0.1, 0.15) is 11.3 Å². The zero-order valence-corrected chi connectivity index (χ0v) is 12.3. The van der Waals surface area contributed by atoms with Crippen molar-refractivity contribution in [2.45, 2.75) is 19.9 Å². The molecule has 4 nitrogen and oxygen atoms in total. The topological polar surface area (TPSA) is 64.4 Å². The summed E-state index contributed by atoms with van der Waals surface area (Å²) in [6, 6.07) is 13.2. The van der Waals surface area contributed by atoms with Gasteiger partial charge in [-0.1, -0.05) is 37.3 Å². The summed E-state index contributed by atoms with van der Waals surface area (Å²) in [7, 11) is 1.53. The minimum Gasteiger partial charge on any atom is -0.496 e. The summed E-state index contributed by atoms with van der Waals surface area (Å²) < 4.78 is 5.20. The normalized spacial score (nSPS) is 10.2. The number of amides is 1. The SMILES string of the molecule is CCc1ccccc1CNC(=O)c1c(N)cccc1OC. The fourth-order valence-electron chi connectivity index (χ4n) is 2.30. The van der Waals surface area contributed by atoms with Crippen molar-refractivity contribution >= 4 is 11.6 Å². The van der Waals surface area contributed by atoms with E-state index >= 15 is 0 Å². The largest absolute Gasteiger partial charge is 0.496 e. The second-order valence-corrected chi connectivity index (χ2v) is 4.73. The van der Waals surface area contributed by atoms with Gasteiger partial charge >= 0.3 is 0 Å². The van der Waals surface area contributed by atoms with Crippen LogP contribution in [-0.2, 0) is 13.0 Å². The van der Waals surface area contributed by atoms with Gasteiger partial charge < -0.3 is 15.8 Å². The smallest absolute Gasteiger partial charge is 0.257 e. The molecule has 0 aliphatic carbocycles. The van der Waals surface area contributed by atoms with Gasteiger partial charge in [-0.2, -0.15) is 0 Å². The van der Waals surface area contributed by atoms with Crippen molar-refractivity contribution in [3.8, 4) is 5.75 Å². The van der Waals surface area contributed by atoms with Crippen molar-refractivity contribution in [3.05, 3.63) is 59.2 Å². The second kappa shape index (κ2) is 6.79. The molecule has 0 fully saturated rings. The third-order valence-corrected chi connectivity index (χ3v) is 3.44. The maximum atomic E-state index is 12.3. The third kappa shape index (κ3) is 3.34. The molecule has 0 unspecified atom stereocenters. The minimum atomic E-state index is -0.226. The zero-order chi connectivity index (χ0) is 15.2. The average molecular weight is 284 g/mol. The Labute approximate surface area is 124 Å². The number of rotatable bonds is 5. The van der Waals surface area contributed by atoms with Crippen molar-refractivity contribution < 1.29 is 9.53 Å². The molecule has 4 heteroatoms. The Balaban J connectivity index is 2.16. The molecule has 2 aromatic carbocycles. The molecule has 0 spiro atoms. The first-order valence-corrected chi connectivity index (χ1v) is 6.94. The highest BCUT2D eigenvalue weighted by Crippen LogP contribution is 2.24. The van der Waals surface area contributed by atoms with Crippen LogP contribution in [0, 0.1) is 0 Å². The van der Waals surface area contributed by atoms with Gasteiger partial charge in [0.25, 0.3) is 5.91 Å². The van der Waals surface area contributed by atoms with E-state index in [4.69, 9.17) is 10.5 Å². The standard InChI is InChI=1S/C17H20N2O2/c1-3-12-7-4-5-8-13(12)11-19-17(20)16-14(18)9-6-10-15(16)21-2/h4-10H,3,11,18H2,1-2H3,(H,19,20). The molecule has 0 saturated heterocycles. The van der Waals surface area contributed by atoms with Crippen molar-refractivity contribution in [2.24, 2.45) is 0 Å². The van der Waals surface area contributed by atoms with Crippen LogP contribution in [0.2, 0.25) is 0 Å². The summed E-state index contributed by atoms with van der Waals surface area (Å²) in [6.45, 7) is 2.57. The molecule has 0 atom stereocenters. The lowest BCUT2D eigenvalue weighted by atomic mass is 10.1. The fourth-order valence-corrected chi connectivity index (χ4v) is 2.30. The summed E-state index contributed by atoms with van der Waals surface area (Å²) in [6.07, 6.45) is 0.933. The second-order valence-electron chi connectivity index (χ2n) is 4.73. The number of nitrogens with two attached hydrogens (primary N) is 1. The molecule has 21 heavy (non-hydrogen) atoms. The van der Waals surface area contributed by atoms with Crippen LogP contribution in [0.3, 0.4) is 0 Å². The molecule has 110 valence electrons. The van der Waals surface area contributed by atoms with Crippen LogP contribution >= 0.6 is 0 Å². The first-order chi connectivity index (χ1) is 10.2. The maximum Gasteiger partial charge on any atom is 0.257 e. The van der Waals surface area contributed by atoms with Gasteiger partial charge in [0.05, 0.1) is 7.11 Å². The number of methoxy groups -OCH3 is 1.